The van der Waals surface area contributed by atoms with Gasteiger partial charge in [-0.3, -0.25) is 4.98 Å². The standard InChI is InChI=1S/C18H22N2O2/c1-13-3-4-15(12-20-13)7-8-19-14(2)16-5-6-17-18(11-16)22-10-9-21-17/h3-6,11-12,14,19H,7-10H2,1-2H3/t14-/m0/s1. The van der Waals surface area contributed by atoms with Crippen LogP contribution in [0.2, 0.25) is 0 Å². The van der Waals surface area contributed by atoms with Gasteiger partial charge in [0.25, 0.3) is 0 Å². The lowest BCUT2D eigenvalue weighted by Crippen LogP contribution is -2.22. The van der Waals surface area contributed by atoms with E-state index in [2.05, 4.69) is 41.5 Å². The molecule has 0 fully saturated rings. The average Bonchev–Trinajstić information content (AvgIpc) is 2.56. The maximum absolute atomic E-state index is 5.64. The number of hydrogen-bond acceptors (Lipinski definition) is 4. The predicted octanol–water partition coefficient (Wildman–Crippen LogP) is 3.05. The van der Waals surface area contributed by atoms with E-state index in [1.54, 1.807) is 0 Å². The highest BCUT2D eigenvalue weighted by atomic mass is 16.6. The van der Waals surface area contributed by atoms with Gasteiger partial charge in [0.1, 0.15) is 13.2 Å². The van der Waals surface area contributed by atoms with Gasteiger partial charge >= 0.3 is 0 Å². The van der Waals surface area contributed by atoms with E-state index < -0.39 is 0 Å². The van der Waals surface area contributed by atoms with Crippen molar-refractivity contribution in [3.63, 3.8) is 0 Å². The van der Waals surface area contributed by atoms with Crippen molar-refractivity contribution in [1.29, 1.82) is 0 Å². The molecular weight excluding hydrogens is 276 g/mol. The lowest BCUT2D eigenvalue weighted by Gasteiger charge is -2.21. The first kappa shape index (κ1) is 14.9. The van der Waals surface area contributed by atoms with Crippen LogP contribution >= 0.6 is 0 Å². The summed E-state index contributed by atoms with van der Waals surface area (Å²) in [5.41, 5.74) is 3.53. The van der Waals surface area contributed by atoms with E-state index in [1.807, 2.05) is 19.2 Å². The first-order valence-electron chi connectivity index (χ1n) is 7.77. The molecule has 0 aliphatic carbocycles. The first-order chi connectivity index (χ1) is 10.7. The Morgan fingerprint density at radius 1 is 1.14 bits per heavy atom. The fourth-order valence-electron chi connectivity index (χ4n) is 2.53. The number of ether oxygens (including phenoxy) is 2. The molecule has 2 heterocycles. The number of pyridine rings is 1. The molecule has 1 aromatic carbocycles. The molecule has 0 saturated heterocycles. The van der Waals surface area contributed by atoms with Crippen molar-refractivity contribution in [2.45, 2.75) is 26.3 Å². The summed E-state index contributed by atoms with van der Waals surface area (Å²) in [6.45, 7) is 6.34. The monoisotopic (exact) mass is 298 g/mol. The van der Waals surface area contributed by atoms with E-state index in [9.17, 15) is 0 Å². The Balaban J connectivity index is 1.55. The van der Waals surface area contributed by atoms with Crippen molar-refractivity contribution >= 4 is 0 Å². The van der Waals surface area contributed by atoms with Crippen LogP contribution in [0.25, 0.3) is 0 Å². The number of benzene rings is 1. The number of nitrogens with zero attached hydrogens (tertiary/aromatic N) is 1. The molecular formula is C18H22N2O2. The molecule has 22 heavy (non-hydrogen) atoms. The highest BCUT2D eigenvalue weighted by molar-refractivity contribution is 5.44. The molecule has 0 spiro atoms. The summed E-state index contributed by atoms with van der Waals surface area (Å²) in [6, 6.07) is 10.6. The van der Waals surface area contributed by atoms with Crippen LogP contribution in [0, 0.1) is 6.92 Å². The zero-order valence-corrected chi connectivity index (χ0v) is 13.1. The maximum atomic E-state index is 5.64. The van der Waals surface area contributed by atoms with Gasteiger partial charge in [-0.25, -0.2) is 0 Å². The first-order valence-corrected chi connectivity index (χ1v) is 7.77. The van der Waals surface area contributed by atoms with Crippen LogP contribution < -0.4 is 14.8 Å². The van der Waals surface area contributed by atoms with Gasteiger partial charge in [0.2, 0.25) is 0 Å². The SMILES string of the molecule is Cc1ccc(CCN[C@@H](C)c2ccc3c(c2)OCCO3)cn1. The van der Waals surface area contributed by atoms with Gasteiger partial charge < -0.3 is 14.8 Å². The molecule has 1 aliphatic heterocycles. The lowest BCUT2D eigenvalue weighted by atomic mass is 10.1. The molecule has 0 radical (unpaired) electrons. The Hall–Kier alpha value is -2.07. The molecule has 0 unspecified atom stereocenters. The molecule has 0 bridgehead atoms. The Bertz CT molecular complexity index is 625. The molecule has 0 amide bonds. The minimum absolute atomic E-state index is 0.272. The molecule has 0 saturated carbocycles. The van der Waals surface area contributed by atoms with E-state index >= 15 is 0 Å². The maximum Gasteiger partial charge on any atom is 0.161 e. The molecule has 4 heteroatoms. The van der Waals surface area contributed by atoms with Crippen molar-refractivity contribution in [2.24, 2.45) is 0 Å². The van der Waals surface area contributed by atoms with Gasteiger partial charge in [-0.15, -0.1) is 0 Å². The zero-order valence-electron chi connectivity index (χ0n) is 13.1. The number of rotatable bonds is 5. The number of fused-ring (bicyclic) bond motifs is 1. The summed E-state index contributed by atoms with van der Waals surface area (Å²) in [7, 11) is 0. The normalized spacial score (nSPS) is 14.6. The van der Waals surface area contributed by atoms with E-state index in [1.165, 1.54) is 11.1 Å². The third-order valence-corrected chi connectivity index (χ3v) is 3.90. The molecule has 1 aliphatic rings. The van der Waals surface area contributed by atoms with E-state index in [-0.39, 0.29) is 6.04 Å². The van der Waals surface area contributed by atoms with Gasteiger partial charge in [0.15, 0.2) is 11.5 Å². The van der Waals surface area contributed by atoms with Crippen LogP contribution in [-0.4, -0.2) is 24.7 Å². The largest absolute Gasteiger partial charge is 0.486 e. The fourth-order valence-corrected chi connectivity index (χ4v) is 2.53. The topological polar surface area (TPSA) is 43.4 Å². The van der Waals surface area contributed by atoms with Gasteiger partial charge in [-0.2, -0.15) is 0 Å². The molecule has 116 valence electrons. The number of hydrogen-bond donors (Lipinski definition) is 1. The number of aryl methyl sites for hydroxylation is 1. The zero-order chi connectivity index (χ0) is 15.4. The van der Waals surface area contributed by atoms with Crippen LogP contribution in [0.1, 0.15) is 29.8 Å². The average molecular weight is 298 g/mol. The molecule has 4 nitrogen and oxygen atoms in total. The Labute approximate surface area is 131 Å². The van der Waals surface area contributed by atoms with Gasteiger partial charge in [-0.05, 0) is 56.1 Å². The molecule has 2 aromatic rings. The summed E-state index contributed by atoms with van der Waals surface area (Å²) in [5.74, 6) is 1.69. The third-order valence-electron chi connectivity index (χ3n) is 3.90. The van der Waals surface area contributed by atoms with Crippen molar-refractivity contribution in [3.8, 4) is 11.5 Å². The van der Waals surface area contributed by atoms with Crippen molar-refractivity contribution in [3.05, 3.63) is 53.3 Å². The summed E-state index contributed by atoms with van der Waals surface area (Å²) in [6.07, 6.45) is 2.92. The summed E-state index contributed by atoms with van der Waals surface area (Å²) >= 11 is 0. The molecule has 1 N–H and O–H groups in total. The quantitative estimate of drug-likeness (QED) is 0.921. The van der Waals surface area contributed by atoms with E-state index in [4.69, 9.17) is 9.47 Å². The van der Waals surface area contributed by atoms with Gasteiger partial charge in [0.05, 0.1) is 0 Å². The van der Waals surface area contributed by atoms with Crippen molar-refractivity contribution in [1.82, 2.24) is 10.3 Å². The summed E-state index contributed by atoms with van der Waals surface area (Å²) < 4.78 is 11.2. The molecule has 3 rings (SSSR count). The Morgan fingerprint density at radius 3 is 2.73 bits per heavy atom. The minimum Gasteiger partial charge on any atom is -0.486 e. The van der Waals surface area contributed by atoms with Crippen LogP contribution in [0.3, 0.4) is 0 Å². The van der Waals surface area contributed by atoms with Crippen LogP contribution in [0.5, 0.6) is 11.5 Å². The van der Waals surface area contributed by atoms with E-state index in [0.29, 0.717) is 13.2 Å². The second-order valence-electron chi connectivity index (χ2n) is 5.64. The smallest absolute Gasteiger partial charge is 0.161 e. The van der Waals surface area contributed by atoms with Crippen LogP contribution in [-0.2, 0) is 6.42 Å². The highest BCUT2D eigenvalue weighted by Crippen LogP contribution is 2.32. The molecule has 1 aromatic heterocycles. The van der Waals surface area contributed by atoms with Crippen molar-refractivity contribution < 1.29 is 9.47 Å². The van der Waals surface area contributed by atoms with Crippen molar-refractivity contribution in [2.75, 3.05) is 19.8 Å². The second-order valence-corrected chi connectivity index (χ2v) is 5.64. The van der Waals surface area contributed by atoms with Crippen LogP contribution in [0.15, 0.2) is 36.5 Å². The summed E-state index contributed by atoms with van der Waals surface area (Å²) in [5, 5.41) is 3.54. The minimum atomic E-state index is 0.272. The predicted molar refractivity (Wildman–Crippen MR) is 86.5 cm³/mol. The third kappa shape index (κ3) is 3.57. The van der Waals surface area contributed by atoms with Gasteiger partial charge in [-0.1, -0.05) is 12.1 Å². The number of nitrogens with one attached hydrogen (secondary N) is 1. The van der Waals surface area contributed by atoms with Crippen LogP contribution in [0.4, 0.5) is 0 Å². The summed E-state index contributed by atoms with van der Waals surface area (Å²) in [4.78, 5) is 4.33. The fraction of sp³-hybridized carbons (Fsp3) is 0.389. The Kier molecular flexibility index (Phi) is 4.59. The second kappa shape index (κ2) is 6.79. The van der Waals surface area contributed by atoms with E-state index in [0.717, 1.165) is 30.2 Å². The number of aromatic nitrogens is 1. The van der Waals surface area contributed by atoms with Gasteiger partial charge in [0, 0.05) is 17.9 Å². The lowest BCUT2D eigenvalue weighted by molar-refractivity contribution is 0.171. The Morgan fingerprint density at radius 2 is 1.95 bits per heavy atom. The highest BCUT2D eigenvalue weighted by Gasteiger charge is 2.14. The molecule has 1 atom stereocenters.